The number of hydrogen-bond acceptors (Lipinski definition) is 4. The van der Waals surface area contributed by atoms with Crippen molar-refractivity contribution in [3.63, 3.8) is 0 Å². The van der Waals surface area contributed by atoms with Crippen LogP contribution in [0.1, 0.15) is 18.8 Å². The number of hydrogen-bond donors (Lipinski definition) is 3. The van der Waals surface area contributed by atoms with Gasteiger partial charge in [0.1, 0.15) is 5.82 Å². The fourth-order valence-electron chi connectivity index (χ4n) is 0.492. The van der Waals surface area contributed by atoms with E-state index >= 15 is 0 Å². The first kappa shape index (κ1) is 6.03. The van der Waals surface area contributed by atoms with E-state index in [-0.39, 0.29) is 12.0 Å². The van der Waals surface area contributed by atoms with Crippen molar-refractivity contribution in [2.45, 2.75) is 13.0 Å². The Labute approximate surface area is 52.5 Å². The van der Waals surface area contributed by atoms with E-state index in [1.807, 2.05) is 0 Å². The topological polar surface area (TPSA) is 93.6 Å². The number of H-pyrrole nitrogens is 1. The molecule has 9 heavy (non-hydrogen) atoms. The number of aromatic nitrogens is 3. The van der Waals surface area contributed by atoms with Gasteiger partial charge in [0.15, 0.2) is 0 Å². The summed E-state index contributed by atoms with van der Waals surface area (Å²) >= 11 is 0. The Morgan fingerprint density at radius 3 is 2.56 bits per heavy atom. The third-order valence-electron chi connectivity index (χ3n) is 0.951. The summed E-state index contributed by atoms with van der Waals surface area (Å²) in [5, 5.41) is 6.19. The third-order valence-corrected chi connectivity index (χ3v) is 0.951. The maximum absolute atomic E-state index is 5.44. The lowest BCUT2D eigenvalue weighted by atomic mass is 10.3. The van der Waals surface area contributed by atoms with Gasteiger partial charge in [0.25, 0.3) is 0 Å². The maximum Gasteiger partial charge on any atom is 0.239 e. The molecule has 1 heterocycles. The summed E-state index contributed by atoms with van der Waals surface area (Å²) in [7, 11) is 0. The van der Waals surface area contributed by atoms with Gasteiger partial charge in [0.2, 0.25) is 5.95 Å². The second-order valence-electron chi connectivity index (χ2n) is 1.87. The Kier molecular flexibility index (Phi) is 1.35. The van der Waals surface area contributed by atoms with Gasteiger partial charge in [0.05, 0.1) is 6.04 Å². The van der Waals surface area contributed by atoms with Gasteiger partial charge < -0.3 is 11.5 Å². The van der Waals surface area contributed by atoms with Crippen LogP contribution < -0.4 is 11.5 Å². The minimum absolute atomic E-state index is 0.130. The first-order chi connectivity index (χ1) is 4.20. The van der Waals surface area contributed by atoms with Gasteiger partial charge in [-0.2, -0.15) is 4.98 Å². The normalized spacial score (nSPS) is 13.6. The van der Waals surface area contributed by atoms with Gasteiger partial charge in [-0.1, -0.05) is 0 Å². The van der Waals surface area contributed by atoms with Gasteiger partial charge >= 0.3 is 0 Å². The summed E-state index contributed by atoms with van der Waals surface area (Å²) in [6.07, 6.45) is 0. The molecule has 0 bridgehead atoms. The number of nitrogens with two attached hydrogens (primary N) is 2. The van der Waals surface area contributed by atoms with Crippen molar-refractivity contribution in [3.8, 4) is 0 Å². The molecule has 0 aliphatic rings. The summed E-state index contributed by atoms with van der Waals surface area (Å²) in [6.45, 7) is 1.81. The highest BCUT2D eigenvalue weighted by atomic mass is 15.3. The monoisotopic (exact) mass is 127 g/mol. The van der Waals surface area contributed by atoms with Crippen molar-refractivity contribution < 1.29 is 0 Å². The molecule has 0 aromatic carbocycles. The predicted molar refractivity (Wildman–Crippen MR) is 33.4 cm³/mol. The van der Waals surface area contributed by atoms with Gasteiger partial charge in [0, 0.05) is 0 Å². The zero-order chi connectivity index (χ0) is 6.85. The fraction of sp³-hybridized carbons (Fsp3) is 0.500. The maximum atomic E-state index is 5.44. The standard InChI is InChI=1S/C4H9N5/c1-2(5)3-7-4(6)9-8-3/h2H,5H2,1H3,(H3,6,7,8,9)/t2-/m1/s1. The van der Waals surface area contributed by atoms with Crippen molar-refractivity contribution in [1.82, 2.24) is 15.2 Å². The van der Waals surface area contributed by atoms with Crippen molar-refractivity contribution in [1.29, 1.82) is 0 Å². The van der Waals surface area contributed by atoms with Crippen LogP contribution >= 0.6 is 0 Å². The summed E-state index contributed by atoms with van der Waals surface area (Å²) < 4.78 is 0. The van der Waals surface area contributed by atoms with Crippen LogP contribution in [-0.2, 0) is 0 Å². The molecule has 1 rings (SSSR count). The highest BCUT2D eigenvalue weighted by molar-refractivity contribution is 5.13. The minimum atomic E-state index is -0.130. The van der Waals surface area contributed by atoms with E-state index in [9.17, 15) is 0 Å². The Bertz CT molecular complexity index is 191. The smallest absolute Gasteiger partial charge is 0.239 e. The zero-order valence-corrected chi connectivity index (χ0v) is 5.13. The Morgan fingerprint density at radius 1 is 1.67 bits per heavy atom. The second-order valence-corrected chi connectivity index (χ2v) is 1.87. The first-order valence-corrected chi connectivity index (χ1v) is 2.63. The number of nitrogen functional groups attached to an aromatic ring is 1. The third kappa shape index (κ3) is 1.17. The highest BCUT2D eigenvalue weighted by Crippen LogP contribution is 2.01. The van der Waals surface area contributed by atoms with Gasteiger partial charge in [-0.3, -0.25) is 5.10 Å². The number of aromatic amines is 1. The summed E-state index contributed by atoms with van der Waals surface area (Å²) in [6, 6.07) is -0.130. The van der Waals surface area contributed by atoms with Crippen molar-refractivity contribution >= 4 is 5.95 Å². The van der Waals surface area contributed by atoms with E-state index in [1.165, 1.54) is 0 Å². The average molecular weight is 127 g/mol. The van der Waals surface area contributed by atoms with Crippen molar-refractivity contribution in [2.24, 2.45) is 5.73 Å². The second kappa shape index (κ2) is 2.02. The molecule has 5 nitrogen and oxygen atoms in total. The van der Waals surface area contributed by atoms with Crippen LogP contribution in [0, 0.1) is 0 Å². The van der Waals surface area contributed by atoms with Crippen LogP contribution in [-0.4, -0.2) is 15.2 Å². The van der Waals surface area contributed by atoms with Crippen LogP contribution in [0.4, 0.5) is 5.95 Å². The van der Waals surface area contributed by atoms with Gasteiger partial charge in [-0.05, 0) is 6.92 Å². The quantitative estimate of drug-likeness (QED) is 0.470. The van der Waals surface area contributed by atoms with Crippen LogP contribution in [0.3, 0.4) is 0 Å². The Hall–Kier alpha value is -1.10. The van der Waals surface area contributed by atoms with Crippen molar-refractivity contribution in [2.75, 3.05) is 5.73 Å². The lowest BCUT2D eigenvalue weighted by Gasteiger charge is -1.94. The Morgan fingerprint density at radius 2 is 2.33 bits per heavy atom. The summed E-state index contributed by atoms with van der Waals surface area (Å²) in [4.78, 5) is 3.80. The highest BCUT2D eigenvalue weighted by Gasteiger charge is 2.02. The molecule has 50 valence electrons. The zero-order valence-electron chi connectivity index (χ0n) is 5.13. The molecule has 1 aromatic rings. The molecule has 0 aliphatic carbocycles. The van der Waals surface area contributed by atoms with E-state index in [4.69, 9.17) is 11.5 Å². The molecule has 0 aliphatic heterocycles. The van der Waals surface area contributed by atoms with E-state index in [1.54, 1.807) is 6.92 Å². The molecule has 1 aromatic heterocycles. The number of nitrogens with one attached hydrogen (secondary N) is 1. The molecular formula is C4H9N5. The molecular weight excluding hydrogens is 118 g/mol. The molecule has 0 radical (unpaired) electrons. The summed E-state index contributed by atoms with van der Waals surface area (Å²) in [5.74, 6) is 0.856. The lowest BCUT2D eigenvalue weighted by Crippen LogP contribution is -2.06. The predicted octanol–water partition coefficient (Wildman–Crippen LogP) is -0.593. The summed E-state index contributed by atoms with van der Waals surface area (Å²) in [5.41, 5.74) is 10.6. The largest absolute Gasteiger partial charge is 0.367 e. The minimum Gasteiger partial charge on any atom is -0.367 e. The van der Waals surface area contributed by atoms with Gasteiger partial charge in [-0.15, -0.1) is 5.10 Å². The Balaban J connectivity index is 2.85. The number of rotatable bonds is 1. The average Bonchev–Trinajstić information content (AvgIpc) is 2.14. The molecule has 1 atom stereocenters. The van der Waals surface area contributed by atoms with E-state index < -0.39 is 0 Å². The molecule has 0 unspecified atom stereocenters. The fourth-order valence-corrected chi connectivity index (χ4v) is 0.492. The first-order valence-electron chi connectivity index (χ1n) is 2.63. The molecule has 5 heteroatoms. The lowest BCUT2D eigenvalue weighted by molar-refractivity contribution is 0.745. The van der Waals surface area contributed by atoms with Gasteiger partial charge in [-0.25, -0.2) is 0 Å². The number of anilines is 1. The van der Waals surface area contributed by atoms with Crippen LogP contribution in [0.25, 0.3) is 0 Å². The number of nitrogens with zero attached hydrogens (tertiary/aromatic N) is 2. The SMILES string of the molecule is C[C@@H](N)c1nc(N)n[nH]1. The van der Waals surface area contributed by atoms with E-state index in [0.29, 0.717) is 5.82 Å². The van der Waals surface area contributed by atoms with Crippen molar-refractivity contribution in [3.05, 3.63) is 5.82 Å². The molecule has 5 N–H and O–H groups in total. The van der Waals surface area contributed by atoms with E-state index in [0.717, 1.165) is 0 Å². The molecule has 0 amide bonds. The molecule has 0 fully saturated rings. The van der Waals surface area contributed by atoms with Crippen LogP contribution in [0.5, 0.6) is 0 Å². The molecule has 0 saturated carbocycles. The van der Waals surface area contributed by atoms with Crippen LogP contribution in [0.2, 0.25) is 0 Å². The van der Waals surface area contributed by atoms with Crippen LogP contribution in [0.15, 0.2) is 0 Å². The molecule has 0 spiro atoms. The molecule has 0 saturated heterocycles. The van der Waals surface area contributed by atoms with E-state index in [2.05, 4.69) is 15.2 Å².